The Morgan fingerprint density at radius 2 is 1.88 bits per heavy atom. The molecule has 12 heteroatoms. The smallest absolute Gasteiger partial charge is 0.400 e. The van der Waals surface area contributed by atoms with Crippen molar-refractivity contribution in [2.24, 2.45) is 5.10 Å². The van der Waals surface area contributed by atoms with Crippen LogP contribution >= 0.6 is 0 Å². The monoisotopic (exact) mass is 373 g/mol. The number of sulfone groups is 1. The lowest BCUT2D eigenvalue weighted by molar-refractivity contribution is -0.402. The van der Waals surface area contributed by atoms with Gasteiger partial charge in [-0.2, -0.15) is 13.9 Å². The highest BCUT2D eigenvalue weighted by Gasteiger charge is 2.26. The van der Waals surface area contributed by atoms with Gasteiger partial charge in [0.1, 0.15) is 4.92 Å². The van der Waals surface area contributed by atoms with Crippen molar-refractivity contribution >= 4 is 27.8 Å². The van der Waals surface area contributed by atoms with E-state index in [-0.39, 0.29) is 11.3 Å². The quantitative estimate of drug-likeness (QED) is 0.468. The van der Waals surface area contributed by atoms with Crippen LogP contribution in [0.2, 0.25) is 0 Å². The molecule has 0 fully saturated rings. The molecule has 1 aromatic carbocycles. The van der Waals surface area contributed by atoms with E-state index in [0.29, 0.717) is 0 Å². The van der Waals surface area contributed by atoms with E-state index in [2.05, 4.69) is 10.5 Å². The van der Waals surface area contributed by atoms with Crippen LogP contribution in [0.25, 0.3) is 0 Å². The second kappa shape index (κ2) is 7.17. The van der Waals surface area contributed by atoms with Gasteiger partial charge in [-0.25, -0.2) is 13.8 Å². The zero-order chi connectivity index (χ0) is 18.6. The lowest BCUT2D eigenvalue weighted by Crippen LogP contribution is -2.18. The number of nitrogens with zero attached hydrogens (tertiary/aromatic N) is 2. The Balaban J connectivity index is 2.03. The Hall–Kier alpha value is -3.15. The number of halogens is 2. The van der Waals surface area contributed by atoms with E-state index in [1.165, 1.54) is 6.07 Å². The SMILES string of the molecule is O=C(NN=Cc1ccc([N+](=O)[O-])o1)c1ccc(S(=O)(=O)C(F)F)cc1. The fourth-order valence-corrected chi connectivity index (χ4v) is 2.35. The minimum absolute atomic E-state index is 0.0189. The van der Waals surface area contributed by atoms with E-state index in [4.69, 9.17) is 4.42 Å². The summed E-state index contributed by atoms with van der Waals surface area (Å²) in [6.07, 6.45) is 1.01. The van der Waals surface area contributed by atoms with Gasteiger partial charge in [0.25, 0.3) is 5.91 Å². The summed E-state index contributed by atoms with van der Waals surface area (Å²) in [6.45, 7) is 0. The highest BCUT2D eigenvalue weighted by atomic mass is 32.2. The maximum absolute atomic E-state index is 12.4. The molecule has 1 N–H and O–H groups in total. The molecule has 0 atom stereocenters. The zero-order valence-electron chi connectivity index (χ0n) is 12.1. The number of hydrazone groups is 1. The molecule has 0 saturated heterocycles. The first-order valence-corrected chi connectivity index (χ1v) is 7.96. The van der Waals surface area contributed by atoms with Crippen molar-refractivity contribution in [3.63, 3.8) is 0 Å². The third kappa shape index (κ3) is 4.23. The Bertz CT molecular complexity index is 921. The van der Waals surface area contributed by atoms with Crippen LogP contribution in [0.3, 0.4) is 0 Å². The molecule has 25 heavy (non-hydrogen) atoms. The van der Waals surface area contributed by atoms with Gasteiger partial charge >= 0.3 is 11.6 Å². The molecule has 0 aliphatic rings. The van der Waals surface area contributed by atoms with Crippen LogP contribution in [0.15, 0.2) is 50.8 Å². The minimum atomic E-state index is -4.74. The van der Waals surface area contributed by atoms with Gasteiger partial charge in [0, 0.05) is 5.56 Å². The van der Waals surface area contributed by atoms with E-state index < -0.39 is 37.2 Å². The van der Waals surface area contributed by atoms with Crippen LogP contribution in [-0.2, 0) is 9.84 Å². The molecule has 0 unspecified atom stereocenters. The predicted octanol–water partition coefficient (Wildman–Crippen LogP) is 1.95. The maximum atomic E-state index is 12.4. The molecule has 0 aliphatic carbocycles. The van der Waals surface area contributed by atoms with Crippen LogP contribution in [0.4, 0.5) is 14.7 Å². The standard InChI is InChI=1S/C13H9F2N3O6S/c14-13(15)25(22,23)10-4-1-8(2-5-10)12(19)17-16-7-9-3-6-11(24-9)18(20)21/h1-7,13H,(H,17,19). The highest BCUT2D eigenvalue weighted by Crippen LogP contribution is 2.18. The molecule has 2 rings (SSSR count). The molecule has 1 amide bonds. The normalized spacial score (nSPS) is 11.8. The molecule has 0 radical (unpaired) electrons. The molecule has 0 aliphatic heterocycles. The fourth-order valence-electron chi connectivity index (χ4n) is 1.63. The number of rotatable bonds is 6. The summed E-state index contributed by atoms with van der Waals surface area (Å²) in [6, 6.07) is 6.19. The summed E-state index contributed by atoms with van der Waals surface area (Å²) in [5.74, 6) is -4.79. The van der Waals surface area contributed by atoms with Gasteiger partial charge in [-0.3, -0.25) is 14.9 Å². The van der Waals surface area contributed by atoms with Gasteiger partial charge in [-0.05, 0) is 30.3 Å². The summed E-state index contributed by atoms with van der Waals surface area (Å²) >= 11 is 0. The van der Waals surface area contributed by atoms with Gasteiger partial charge in [-0.15, -0.1) is 0 Å². The Labute approximate surface area is 139 Å². The largest absolute Gasteiger partial charge is 0.433 e. The summed E-state index contributed by atoms with van der Waals surface area (Å²) in [5, 5.41) is 13.9. The van der Waals surface area contributed by atoms with Crippen LogP contribution in [0, 0.1) is 10.1 Å². The molecular weight excluding hydrogens is 364 g/mol. The molecule has 1 heterocycles. The van der Waals surface area contributed by atoms with E-state index in [0.717, 1.165) is 36.5 Å². The number of alkyl halides is 2. The molecular formula is C13H9F2N3O6S. The Morgan fingerprint density at radius 3 is 2.40 bits per heavy atom. The zero-order valence-corrected chi connectivity index (χ0v) is 12.9. The van der Waals surface area contributed by atoms with Crippen molar-refractivity contribution in [3.05, 3.63) is 57.8 Å². The lowest BCUT2D eigenvalue weighted by Gasteiger charge is -2.04. The number of hydrogen-bond donors (Lipinski definition) is 1. The van der Waals surface area contributed by atoms with E-state index in [1.54, 1.807) is 0 Å². The number of furan rings is 1. The number of carbonyl (C=O) groups excluding carboxylic acids is 1. The van der Waals surface area contributed by atoms with Crippen LogP contribution in [0.5, 0.6) is 0 Å². The first-order valence-electron chi connectivity index (χ1n) is 6.41. The second-order valence-electron chi connectivity index (χ2n) is 4.46. The summed E-state index contributed by atoms with van der Waals surface area (Å²) in [7, 11) is -4.74. The number of hydrogen-bond acceptors (Lipinski definition) is 7. The van der Waals surface area contributed by atoms with E-state index >= 15 is 0 Å². The van der Waals surface area contributed by atoms with Crippen molar-refractivity contribution in [2.75, 3.05) is 0 Å². The van der Waals surface area contributed by atoms with Gasteiger partial charge < -0.3 is 4.42 Å². The van der Waals surface area contributed by atoms with Gasteiger partial charge in [-0.1, -0.05) is 0 Å². The van der Waals surface area contributed by atoms with Crippen LogP contribution < -0.4 is 5.43 Å². The highest BCUT2D eigenvalue weighted by molar-refractivity contribution is 7.91. The molecule has 1 aromatic heterocycles. The topological polar surface area (TPSA) is 132 Å². The van der Waals surface area contributed by atoms with Crippen molar-refractivity contribution in [3.8, 4) is 0 Å². The molecule has 0 bridgehead atoms. The number of amides is 1. The van der Waals surface area contributed by atoms with Gasteiger partial charge in [0.2, 0.25) is 9.84 Å². The van der Waals surface area contributed by atoms with Crippen molar-refractivity contribution < 1.29 is 31.3 Å². The number of nitrogens with one attached hydrogen (secondary N) is 1. The maximum Gasteiger partial charge on any atom is 0.433 e. The third-order valence-corrected chi connectivity index (χ3v) is 4.23. The Kier molecular flexibility index (Phi) is 5.22. The lowest BCUT2D eigenvalue weighted by atomic mass is 10.2. The number of carbonyl (C=O) groups is 1. The summed E-state index contributed by atoms with van der Waals surface area (Å²) in [5.41, 5.74) is 2.04. The molecule has 0 saturated carbocycles. The average molecular weight is 373 g/mol. The molecule has 9 nitrogen and oxygen atoms in total. The van der Waals surface area contributed by atoms with Crippen molar-refractivity contribution in [2.45, 2.75) is 10.7 Å². The predicted molar refractivity (Wildman–Crippen MR) is 80.1 cm³/mol. The first kappa shape index (κ1) is 18.2. The minimum Gasteiger partial charge on any atom is -0.400 e. The summed E-state index contributed by atoms with van der Waals surface area (Å²) < 4.78 is 52.1. The van der Waals surface area contributed by atoms with Crippen LogP contribution in [-0.4, -0.2) is 31.2 Å². The first-order chi connectivity index (χ1) is 11.7. The molecule has 132 valence electrons. The van der Waals surface area contributed by atoms with Crippen molar-refractivity contribution in [1.29, 1.82) is 0 Å². The molecule has 2 aromatic rings. The van der Waals surface area contributed by atoms with E-state index in [9.17, 15) is 32.1 Å². The average Bonchev–Trinajstić information content (AvgIpc) is 3.04. The Morgan fingerprint density at radius 1 is 1.24 bits per heavy atom. The van der Waals surface area contributed by atoms with Crippen molar-refractivity contribution in [1.82, 2.24) is 5.43 Å². The second-order valence-corrected chi connectivity index (χ2v) is 6.38. The fraction of sp³-hybridized carbons (Fsp3) is 0.0769. The third-order valence-electron chi connectivity index (χ3n) is 2.83. The summed E-state index contributed by atoms with van der Waals surface area (Å²) in [4.78, 5) is 20.8. The number of nitro groups is 1. The van der Waals surface area contributed by atoms with Gasteiger partial charge in [0.05, 0.1) is 17.2 Å². The molecule has 0 spiro atoms. The van der Waals surface area contributed by atoms with Crippen LogP contribution in [0.1, 0.15) is 16.1 Å². The van der Waals surface area contributed by atoms with E-state index in [1.807, 2.05) is 0 Å². The van der Waals surface area contributed by atoms with Gasteiger partial charge in [0.15, 0.2) is 5.76 Å². The number of benzene rings is 1.